The van der Waals surface area contributed by atoms with Crippen molar-refractivity contribution in [2.24, 2.45) is 4.99 Å². The van der Waals surface area contributed by atoms with E-state index in [4.69, 9.17) is 14.2 Å². The summed E-state index contributed by atoms with van der Waals surface area (Å²) in [4.78, 5) is 4.17. The maximum Gasteiger partial charge on any atom is 0.191 e. The first kappa shape index (κ1) is 18.1. The Hall–Kier alpha value is -1.95. The molecule has 0 amide bonds. The molecule has 0 spiro atoms. The summed E-state index contributed by atoms with van der Waals surface area (Å²) in [5, 5.41) is 6.47. The molecule has 0 atom stereocenters. The van der Waals surface area contributed by atoms with Crippen LogP contribution in [0, 0.1) is 0 Å². The van der Waals surface area contributed by atoms with Crippen LogP contribution >= 0.6 is 0 Å². The minimum atomic E-state index is 0.673. The molecule has 0 aromatic heterocycles. The average molecular weight is 309 g/mol. The molecule has 0 aliphatic heterocycles. The van der Waals surface area contributed by atoms with Gasteiger partial charge in [0.1, 0.15) is 0 Å². The molecule has 0 aliphatic carbocycles. The number of aliphatic imine (C=N–C) groups is 1. The molecular weight excluding hydrogens is 282 g/mol. The standard InChI is InChI=1S/C16H27N3O3/c1-5-22-11-10-19-16(17-2)18-9-8-13-6-7-14(20-3)15(12-13)21-4/h6-7,12H,5,8-11H2,1-4H3,(H2,17,18,19). The smallest absolute Gasteiger partial charge is 0.191 e. The van der Waals surface area contributed by atoms with Crippen LogP contribution in [-0.4, -0.2) is 53.5 Å². The zero-order valence-electron chi connectivity index (χ0n) is 13.9. The summed E-state index contributed by atoms with van der Waals surface area (Å²) in [6, 6.07) is 5.95. The predicted octanol–water partition coefficient (Wildman–Crippen LogP) is 1.45. The molecule has 2 N–H and O–H groups in total. The molecule has 22 heavy (non-hydrogen) atoms. The molecule has 0 radical (unpaired) electrons. The molecule has 0 heterocycles. The highest BCUT2D eigenvalue weighted by Gasteiger charge is 2.04. The van der Waals surface area contributed by atoms with E-state index in [1.54, 1.807) is 21.3 Å². The van der Waals surface area contributed by atoms with Crippen LogP contribution in [0.4, 0.5) is 0 Å². The molecule has 1 rings (SSSR count). The predicted molar refractivity (Wildman–Crippen MR) is 89.1 cm³/mol. The highest BCUT2D eigenvalue weighted by atomic mass is 16.5. The molecule has 1 aromatic carbocycles. The molecule has 0 saturated heterocycles. The number of guanidine groups is 1. The van der Waals surface area contributed by atoms with Crippen molar-refractivity contribution in [2.75, 3.05) is 47.6 Å². The summed E-state index contributed by atoms with van der Waals surface area (Å²) in [6.45, 7) is 4.91. The van der Waals surface area contributed by atoms with E-state index >= 15 is 0 Å². The van der Waals surface area contributed by atoms with Gasteiger partial charge in [-0.1, -0.05) is 6.07 Å². The van der Waals surface area contributed by atoms with E-state index in [0.29, 0.717) is 6.61 Å². The third-order valence-electron chi connectivity index (χ3n) is 3.12. The van der Waals surface area contributed by atoms with Crippen molar-refractivity contribution in [2.45, 2.75) is 13.3 Å². The van der Waals surface area contributed by atoms with Gasteiger partial charge < -0.3 is 24.8 Å². The quantitative estimate of drug-likeness (QED) is 0.411. The summed E-state index contributed by atoms with van der Waals surface area (Å²) in [5.41, 5.74) is 1.18. The number of ether oxygens (including phenoxy) is 3. The van der Waals surface area contributed by atoms with Gasteiger partial charge in [-0.15, -0.1) is 0 Å². The second kappa shape index (κ2) is 10.7. The van der Waals surface area contributed by atoms with Gasteiger partial charge in [-0.25, -0.2) is 0 Å². The first-order chi connectivity index (χ1) is 10.7. The fraction of sp³-hybridized carbons (Fsp3) is 0.562. The Morgan fingerprint density at radius 3 is 2.45 bits per heavy atom. The summed E-state index contributed by atoms with van der Waals surface area (Å²) < 4.78 is 15.8. The molecule has 0 unspecified atom stereocenters. The number of hydrogen-bond acceptors (Lipinski definition) is 4. The summed E-state index contributed by atoms with van der Waals surface area (Å²) in [5.74, 6) is 2.27. The van der Waals surface area contributed by atoms with Gasteiger partial charge >= 0.3 is 0 Å². The summed E-state index contributed by atoms with van der Waals surface area (Å²) >= 11 is 0. The Morgan fingerprint density at radius 2 is 1.82 bits per heavy atom. The van der Waals surface area contributed by atoms with E-state index in [1.807, 2.05) is 25.1 Å². The van der Waals surface area contributed by atoms with E-state index in [-0.39, 0.29) is 0 Å². The van der Waals surface area contributed by atoms with Crippen LogP contribution in [0.3, 0.4) is 0 Å². The van der Waals surface area contributed by atoms with Crippen LogP contribution in [0.15, 0.2) is 23.2 Å². The van der Waals surface area contributed by atoms with Gasteiger partial charge in [0.25, 0.3) is 0 Å². The fourth-order valence-corrected chi connectivity index (χ4v) is 1.97. The highest BCUT2D eigenvalue weighted by molar-refractivity contribution is 5.79. The Kier molecular flexibility index (Phi) is 8.83. The van der Waals surface area contributed by atoms with Crippen LogP contribution in [0.5, 0.6) is 11.5 Å². The SMILES string of the molecule is CCOCCNC(=NC)NCCc1ccc(OC)c(OC)c1. The number of rotatable bonds is 9. The highest BCUT2D eigenvalue weighted by Crippen LogP contribution is 2.27. The second-order valence-electron chi connectivity index (χ2n) is 4.56. The third-order valence-corrected chi connectivity index (χ3v) is 3.12. The fourth-order valence-electron chi connectivity index (χ4n) is 1.97. The van der Waals surface area contributed by atoms with Gasteiger partial charge in [-0.05, 0) is 31.0 Å². The van der Waals surface area contributed by atoms with Gasteiger partial charge in [0, 0.05) is 26.7 Å². The van der Waals surface area contributed by atoms with E-state index in [9.17, 15) is 0 Å². The van der Waals surface area contributed by atoms with Gasteiger partial charge in [0.2, 0.25) is 0 Å². The van der Waals surface area contributed by atoms with Crippen molar-refractivity contribution < 1.29 is 14.2 Å². The number of methoxy groups -OCH3 is 2. The lowest BCUT2D eigenvalue weighted by Crippen LogP contribution is -2.39. The monoisotopic (exact) mass is 309 g/mol. The normalized spacial score (nSPS) is 11.2. The van der Waals surface area contributed by atoms with Crippen molar-refractivity contribution >= 4 is 5.96 Å². The molecular formula is C16H27N3O3. The molecule has 6 nitrogen and oxygen atoms in total. The zero-order valence-corrected chi connectivity index (χ0v) is 13.9. The number of benzene rings is 1. The van der Waals surface area contributed by atoms with Gasteiger partial charge in [0.15, 0.2) is 17.5 Å². The van der Waals surface area contributed by atoms with Gasteiger partial charge in [-0.3, -0.25) is 4.99 Å². The Bertz CT molecular complexity index is 464. The lowest BCUT2D eigenvalue weighted by molar-refractivity contribution is 0.152. The maximum atomic E-state index is 5.31. The number of nitrogens with one attached hydrogen (secondary N) is 2. The van der Waals surface area contributed by atoms with E-state index < -0.39 is 0 Å². The van der Waals surface area contributed by atoms with E-state index in [0.717, 1.165) is 43.6 Å². The largest absolute Gasteiger partial charge is 0.493 e. The van der Waals surface area contributed by atoms with Crippen molar-refractivity contribution in [3.8, 4) is 11.5 Å². The van der Waals surface area contributed by atoms with Crippen LogP contribution in [0.25, 0.3) is 0 Å². The lowest BCUT2D eigenvalue weighted by Gasteiger charge is -2.13. The average Bonchev–Trinajstić information content (AvgIpc) is 2.56. The topological polar surface area (TPSA) is 64.1 Å². The van der Waals surface area contributed by atoms with Crippen molar-refractivity contribution in [1.82, 2.24) is 10.6 Å². The summed E-state index contributed by atoms with van der Waals surface area (Å²) in [6.07, 6.45) is 0.868. The van der Waals surface area contributed by atoms with Crippen molar-refractivity contribution in [3.63, 3.8) is 0 Å². The molecule has 0 aliphatic rings. The minimum Gasteiger partial charge on any atom is -0.493 e. The van der Waals surface area contributed by atoms with Gasteiger partial charge in [-0.2, -0.15) is 0 Å². The van der Waals surface area contributed by atoms with Crippen LogP contribution < -0.4 is 20.1 Å². The zero-order chi connectivity index (χ0) is 16.2. The maximum absolute atomic E-state index is 5.31. The molecule has 0 bridgehead atoms. The molecule has 124 valence electrons. The molecule has 6 heteroatoms. The van der Waals surface area contributed by atoms with Crippen LogP contribution in [0.2, 0.25) is 0 Å². The lowest BCUT2D eigenvalue weighted by atomic mass is 10.1. The van der Waals surface area contributed by atoms with Crippen LogP contribution in [-0.2, 0) is 11.2 Å². The summed E-state index contributed by atoms with van der Waals surface area (Å²) in [7, 11) is 5.04. The molecule has 0 saturated carbocycles. The minimum absolute atomic E-state index is 0.673. The number of nitrogens with zero attached hydrogens (tertiary/aromatic N) is 1. The Morgan fingerprint density at radius 1 is 1.09 bits per heavy atom. The first-order valence-electron chi connectivity index (χ1n) is 7.48. The Labute approximate surface area is 132 Å². The van der Waals surface area contributed by atoms with E-state index in [1.165, 1.54) is 5.56 Å². The molecule has 1 aromatic rings. The van der Waals surface area contributed by atoms with Crippen molar-refractivity contribution in [3.05, 3.63) is 23.8 Å². The first-order valence-corrected chi connectivity index (χ1v) is 7.48. The number of hydrogen-bond donors (Lipinski definition) is 2. The van der Waals surface area contributed by atoms with E-state index in [2.05, 4.69) is 15.6 Å². The van der Waals surface area contributed by atoms with Crippen molar-refractivity contribution in [1.29, 1.82) is 0 Å². The second-order valence-corrected chi connectivity index (χ2v) is 4.56. The Balaban J connectivity index is 2.39. The van der Waals surface area contributed by atoms with Gasteiger partial charge in [0.05, 0.1) is 20.8 Å². The molecule has 0 fully saturated rings. The van der Waals surface area contributed by atoms with Crippen LogP contribution in [0.1, 0.15) is 12.5 Å². The third kappa shape index (κ3) is 6.22.